The number of primary amides is 1. The van der Waals surface area contributed by atoms with E-state index in [1.54, 1.807) is 0 Å². The third-order valence-electron chi connectivity index (χ3n) is 1.95. The molecule has 1 fully saturated rings. The first-order valence-electron chi connectivity index (χ1n) is 3.73. The lowest BCUT2D eigenvalue weighted by atomic mass is 10.2. The first-order chi connectivity index (χ1) is 5.70. The molecule has 0 unspecified atom stereocenters. The van der Waals surface area contributed by atoms with Gasteiger partial charge in [-0.1, -0.05) is 0 Å². The van der Waals surface area contributed by atoms with Gasteiger partial charge < -0.3 is 5.73 Å². The van der Waals surface area contributed by atoms with Crippen LogP contribution in [0.3, 0.4) is 0 Å². The van der Waals surface area contributed by atoms with Crippen LogP contribution >= 0.6 is 0 Å². The number of nitrogens with two attached hydrogens (primary N) is 1. The molecule has 0 saturated heterocycles. The molecular formula is C7H8FN3O. The maximum atomic E-state index is 13.2. The lowest BCUT2D eigenvalue weighted by Crippen LogP contribution is -2.13. The van der Waals surface area contributed by atoms with Gasteiger partial charge in [0.1, 0.15) is 0 Å². The summed E-state index contributed by atoms with van der Waals surface area (Å²) in [6.45, 7) is 0. The van der Waals surface area contributed by atoms with Gasteiger partial charge in [-0.15, -0.1) is 0 Å². The number of carbonyl (C=O) groups is 1. The van der Waals surface area contributed by atoms with E-state index in [0.717, 1.165) is 12.8 Å². The Morgan fingerprint density at radius 3 is 2.75 bits per heavy atom. The van der Waals surface area contributed by atoms with Crippen LogP contribution in [-0.2, 0) is 0 Å². The van der Waals surface area contributed by atoms with Gasteiger partial charge >= 0.3 is 0 Å². The summed E-state index contributed by atoms with van der Waals surface area (Å²) < 4.78 is 13.2. The Labute approximate surface area is 67.9 Å². The number of halogens is 1. The number of rotatable bonds is 2. The Hall–Kier alpha value is -1.39. The molecule has 1 aliphatic rings. The van der Waals surface area contributed by atoms with Gasteiger partial charge in [0.25, 0.3) is 5.91 Å². The van der Waals surface area contributed by atoms with Gasteiger partial charge in [-0.2, -0.15) is 5.10 Å². The third kappa shape index (κ3) is 0.975. The van der Waals surface area contributed by atoms with E-state index >= 15 is 0 Å². The summed E-state index contributed by atoms with van der Waals surface area (Å²) in [7, 11) is 0. The first-order valence-corrected chi connectivity index (χ1v) is 3.73. The average molecular weight is 169 g/mol. The van der Waals surface area contributed by atoms with E-state index in [-0.39, 0.29) is 11.6 Å². The van der Waals surface area contributed by atoms with Crippen LogP contribution in [0.1, 0.15) is 34.9 Å². The molecule has 12 heavy (non-hydrogen) atoms. The summed E-state index contributed by atoms with van der Waals surface area (Å²) in [4.78, 5) is 10.6. The van der Waals surface area contributed by atoms with E-state index in [1.807, 2.05) is 0 Å². The molecule has 0 spiro atoms. The molecule has 1 saturated carbocycles. The van der Waals surface area contributed by atoms with Crippen molar-refractivity contribution >= 4 is 5.91 Å². The number of aromatic nitrogens is 2. The summed E-state index contributed by atoms with van der Waals surface area (Å²) in [6.07, 6.45) is 1.91. The minimum atomic E-state index is -0.823. The van der Waals surface area contributed by atoms with Crippen molar-refractivity contribution in [2.75, 3.05) is 0 Å². The van der Waals surface area contributed by atoms with Gasteiger partial charge in [0.2, 0.25) is 0 Å². The van der Waals surface area contributed by atoms with E-state index in [0.29, 0.717) is 5.69 Å². The van der Waals surface area contributed by atoms with Crippen LogP contribution in [-0.4, -0.2) is 16.1 Å². The zero-order valence-electron chi connectivity index (χ0n) is 6.30. The molecule has 0 aromatic carbocycles. The maximum absolute atomic E-state index is 13.2. The Kier molecular flexibility index (Phi) is 1.39. The lowest BCUT2D eigenvalue weighted by Gasteiger charge is -1.89. The van der Waals surface area contributed by atoms with Crippen LogP contribution in [0.2, 0.25) is 0 Å². The molecule has 64 valence electrons. The third-order valence-corrected chi connectivity index (χ3v) is 1.95. The van der Waals surface area contributed by atoms with E-state index in [9.17, 15) is 9.18 Å². The molecule has 1 heterocycles. The van der Waals surface area contributed by atoms with Crippen LogP contribution in [0, 0.1) is 5.82 Å². The zero-order chi connectivity index (χ0) is 8.72. The van der Waals surface area contributed by atoms with Gasteiger partial charge in [0.05, 0.1) is 5.69 Å². The van der Waals surface area contributed by atoms with Crippen molar-refractivity contribution in [3.8, 4) is 0 Å². The Balaban J connectivity index is 2.39. The number of hydrogen-bond acceptors (Lipinski definition) is 2. The zero-order valence-corrected chi connectivity index (χ0v) is 6.30. The molecule has 0 aliphatic heterocycles. The largest absolute Gasteiger partial charge is 0.364 e. The maximum Gasteiger partial charge on any atom is 0.272 e. The smallest absolute Gasteiger partial charge is 0.272 e. The minimum absolute atomic E-state index is 0.214. The monoisotopic (exact) mass is 169 g/mol. The number of hydrogen-bond donors (Lipinski definition) is 2. The van der Waals surface area contributed by atoms with Crippen LogP contribution in [0.4, 0.5) is 4.39 Å². The molecule has 5 heteroatoms. The second-order valence-corrected chi connectivity index (χ2v) is 2.94. The van der Waals surface area contributed by atoms with Crippen LogP contribution in [0.5, 0.6) is 0 Å². The van der Waals surface area contributed by atoms with E-state index in [1.165, 1.54) is 0 Å². The van der Waals surface area contributed by atoms with Crippen molar-refractivity contribution < 1.29 is 9.18 Å². The molecule has 1 aromatic rings. The minimum Gasteiger partial charge on any atom is -0.364 e. The molecule has 3 N–H and O–H groups in total. The summed E-state index contributed by atoms with van der Waals surface area (Å²) in [5, 5.41) is 5.99. The highest BCUT2D eigenvalue weighted by Crippen LogP contribution is 2.40. The number of carbonyl (C=O) groups excluding carboxylic acids is 1. The molecule has 0 atom stereocenters. The standard InChI is InChI=1S/C7H8FN3O/c8-4-5(3-1-2-3)10-11-6(4)7(9)12/h3H,1-2H2,(H2,9,12)(H,10,11). The number of amides is 1. The summed E-state index contributed by atoms with van der Waals surface area (Å²) in [6, 6.07) is 0. The molecular weight excluding hydrogens is 161 g/mol. The van der Waals surface area contributed by atoms with Crippen molar-refractivity contribution in [2.45, 2.75) is 18.8 Å². The fourth-order valence-corrected chi connectivity index (χ4v) is 1.15. The Bertz CT molecular complexity index is 329. The fourth-order valence-electron chi connectivity index (χ4n) is 1.15. The van der Waals surface area contributed by atoms with Gasteiger partial charge in [-0.25, -0.2) is 4.39 Å². The summed E-state index contributed by atoms with van der Waals surface area (Å²) in [5.74, 6) is -1.19. The van der Waals surface area contributed by atoms with Crippen molar-refractivity contribution in [3.63, 3.8) is 0 Å². The van der Waals surface area contributed by atoms with Gasteiger partial charge in [0, 0.05) is 5.92 Å². The second-order valence-electron chi connectivity index (χ2n) is 2.94. The SMILES string of the molecule is NC(=O)c1n[nH]c(C2CC2)c1F. The lowest BCUT2D eigenvalue weighted by molar-refractivity contribution is 0.0991. The highest BCUT2D eigenvalue weighted by atomic mass is 19.1. The molecule has 1 aromatic heterocycles. The van der Waals surface area contributed by atoms with Gasteiger partial charge in [0.15, 0.2) is 11.5 Å². The number of H-pyrrole nitrogens is 1. The first kappa shape index (κ1) is 7.27. The highest BCUT2D eigenvalue weighted by molar-refractivity contribution is 5.91. The molecule has 1 aliphatic carbocycles. The number of nitrogens with zero attached hydrogens (tertiary/aromatic N) is 1. The number of aromatic amines is 1. The van der Waals surface area contributed by atoms with E-state index in [4.69, 9.17) is 5.73 Å². The quantitative estimate of drug-likeness (QED) is 0.677. The molecule has 1 amide bonds. The molecule has 4 nitrogen and oxygen atoms in total. The van der Waals surface area contributed by atoms with Crippen molar-refractivity contribution in [1.82, 2.24) is 10.2 Å². The van der Waals surface area contributed by atoms with Gasteiger partial charge in [-0.3, -0.25) is 9.89 Å². The molecule has 2 rings (SSSR count). The highest BCUT2D eigenvalue weighted by Gasteiger charge is 2.31. The normalized spacial score (nSPS) is 16.4. The summed E-state index contributed by atoms with van der Waals surface area (Å²) >= 11 is 0. The van der Waals surface area contributed by atoms with E-state index in [2.05, 4.69) is 10.2 Å². The van der Waals surface area contributed by atoms with Gasteiger partial charge in [-0.05, 0) is 12.8 Å². The van der Waals surface area contributed by atoms with Crippen molar-refractivity contribution in [1.29, 1.82) is 0 Å². The predicted molar refractivity (Wildman–Crippen MR) is 39.0 cm³/mol. The summed E-state index contributed by atoms with van der Waals surface area (Å²) in [5.41, 5.74) is 5.03. The molecule has 0 radical (unpaired) electrons. The second kappa shape index (κ2) is 2.30. The van der Waals surface area contributed by atoms with Crippen molar-refractivity contribution in [3.05, 3.63) is 17.2 Å². The molecule has 0 bridgehead atoms. The van der Waals surface area contributed by atoms with Crippen LogP contribution in [0.25, 0.3) is 0 Å². The Morgan fingerprint density at radius 1 is 1.67 bits per heavy atom. The number of nitrogens with one attached hydrogen (secondary N) is 1. The van der Waals surface area contributed by atoms with Crippen molar-refractivity contribution in [2.24, 2.45) is 5.73 Å². The predicted octanol–water partition coefficient (Wildman–Crippen LogP) is 0.525. The van der Waals surface area contributed by atoms with Crippen LogP contribution < -0.4 is 5.73 Å². The van der Waals surface area contributed by atoms with Crippen LogP contribution in [0.15, 0.2) is 0 Å². The van der Waals surface area contributed by atoms with E-state index < -0.39 is 11.7 Å². The topological polar surface area (TPSA) is 71.8 Å². The Morgan fingerprint density at radius 2 is 2.33 bits per heavy atom. The fraction of sp³-hybridized carbons (Fsp3) is 0.429. The average Bonchev–Trinajstić information content (AvgIpc) is 2.75.